The van der Waals surface area contributed by atoms with Crippen molar-refractivity contribution in [2.24, 2.45) is 0 Å². The van der Waals surface area contributed by atoms with Gasteiger partial charge in [-0.3, -0.25) is 4.79 Å². The Balaban J connectivity index is 2.10. The van der Waals surface area contributed by atoms with Crippen LogP contribution >= 0.6 is 0 Å². The highest BCUT2D eigenvalue weighted by molar-refractivity contribution is 6.04. The Morgan fingerprint density at radius 3 is 2.76 bits per heavy atom. The molecule has 4 heteroatoms. The zero-order chi connectivity index (χ0) is 15.1. The molecular weight excluding hydrogens is 264 g/mol. The summed E-state index contributed by atoms with van der Waals surface area (Å²) in [5.74, 6) is -0.244. The van der Waals surface area contributed by atoms with Crippen LogP contribution in [0.4, 0.5) is 5.69 Å². The number of anilines is 1. The summed E-state index contributed by atoms with van der Waals surface area (Å²) in [5, 5.41) is 20.5. The van der Waals surface area contributed by atoms with E-state index in [9.17, 15) is 4.79 Å². The first-order chi connectivity index (χ1) is 10.2. The standard InChI is InChI=1S/C17H16N2O2/c18-12-14-5-1-7-15(10-14)17(21)19-16-8-2-4-13(11-16)6-3-9-20/h1-2,4-5,7-8,10-11,20H,3,6,9H2,(H,19,21). The molecule has 0 aliphatic heterocycles. The molecule has 0 spiro atoms. The molecule has 0 atom stereocenters. The number of carbonyl (C=O) groups excluding carboxylic acids is 1. The Kier molecular flexibility index (Phi) is 5.08. The smallest absolute Gasteiger partial charge is 0.255 e. The van der Waals surface area contributed by atoms with E-state index in [0.717, 1.165) is 12.0 Å². The van der Waals surface area contributed by atoms with Gasteiger partial charge in [0.2, 0.25) is 0 Å². The average Bonchev–Trinajstić information content (AvgIpc) is 2.53. The Bertz CT molecular complexity index is 674. The third-order valence-corrected chi connectivity index (χ3v) is 3.06. The van der Waals surface area contributed by atoms with Crippen LogP contribution in [0.25, 0.3) is 0 Å². The molecule has 0 bridgehead atoms. The molecule has 0 fully saturated rings. The summed E-state index contributed by atoms with van der Waals surface area (Å²) in [6.07, 6.45) is 1.46. The summed E-state index contributed by atoms with van der Waals surface area (Å²) in [7, 11) is 0. The van der Waals surface area contributed by atoms with Gasteiger partial charge in [0.1, 0.15) is 0 Å². The van der Waals surface area contributed by atoms with E-state index >= 15 is 0 Å². The van der Waals surface area contributed by atoms with E-state index in [1.54, 1.807) is 24.3 Å². The molecule has 0 heterocycles. The second-order valence-corrected chi connectivity index (χ2v) is 4.67. The van der Waals surface area contributed by atoms with Crippen molar-refractivity contribution >= 4 is 11.6 Å². The van der Waals surface area contributed by atoms with Crippen LogP contribution in [-0.4, -0.2) is 17.6 Å². The molecule has 2 aromatic carbocycles. The number of rotatable bonds is 5. The van der Waals surface area contributed by atoms with Crippen molar-refractivity contribution in [1.82, 2.24) is 0 Å². The van der Waals surface area contributed by atoms with Crippen molar-refractivity contribution in [2.45, 2.75) is 12.8 Å². The minimum absolute atomic E-state index is 0.150. The third kappa shape index (κ3) is 4.16. The maximum atomic E-state index is 12.1. The van der Waals surface area contributed by atoms with E-state index in [-0.39, 0.29) is 12.5 Å². The Labute approximate surface area is 123 Å². The largest absolute Gasteiger partial charge is 0.396 e. The van der Waals surface area contributed by atoms with Gasteiger partial charge in [-0.15, -0.1) is 0 Å². The quantitative estimate of drug-likeness (QED) is 0.884. The van der Waals surface area contributed by atoms with Crippen LogP contribution in [0.2, 0.25) is 0 Å². The lowest BCUT2D eigenvalue weighted by molar-refractivity contribution is 0.102. The summed E-state index contributed by atoms with van der Waals surface area (Å²) in [4.78, 5) is 12.1. The molecule has 0 unspecified atom stereocenters. The molecule has 1 amide bonds. The van der Waals surface area contributed by atoms with Gasteiger partial charge in [0.25, 0.3) is 5.91 Å². The lowest BCUT2D eigenvalue weighted by Gasteiger charge is -2.07. The van der Waals surface area contributed by atoms with E-state index < -0.39 is 0 Å². The number of hydrogen-bond acceptors (Lipinski definition) is 3. The van der Waals surface area contributed by atoms with Crippen molar-refractivity contribution in [2.75, 3.05) is 11.9 Å². The molecule has 0 saturated carbocycles. The highest BCUT2D eigenvalue weighted by Gasteiger charge is 2.07. The van der Waals surface area contributed by atoms with E-state index in [4.69, 9.17) is 10.4 Å². The molecule has 0 aromatic heterocycles. The predicted octanol–water partition coefficient (Wildman–Crippen LogP) is 2.74. The molecule has 0 aliphatic carbocycles. The number of aliphatic hydroxyl groups excluding tert-OH is 1. The van der Waals surface area contributed by atoms with Crippen LogP contribution in [0.1, 0.15) is 27.9 Å². The van der Waals surface area contributed by atoms with E-state index in [2.05, 4.69) is 5.32 Å². The molecule has 2 N–H and O–H groups in total. The molecule has 4 nitrogen and oxygen atoms in total. The summed E-state index contributed by atoms with van der Waals surface area (Å²) < 4.78 is 0. The lowest BCUT2D eigenvalue weighted by atomic mass is 10.1. The minimum atomic E-state index is -0.244. The number of amides is 1. The van der Waals surface area contributed by atoms with Gasteiger partial charge in [-0.25, -0.2) is 0 Å². The Morgan fingerprint density at radius 1 is 1.19 bits per heavy atom. The highest BCUT2D eigenvalue weighted by Crippen LogP contribution is 2.14. The fourth-order valence-electron chi connectivity index (χ4n) is 2.02. The number of aryl methyl sites for hydroxylation is 1. The van der Waals surface area contributed by atoms with Crippen molar-refractivity contribution < 1.29 is 9.90 Å². The number of nitrogens with one attached hydrogen (secondary N) is 1. The lowest BCUT2D eigenvalue weighted by Crippen LogP contribution is -2.12. The Morgan fingerprint density at radius 2 is 2.00 bits per heavy atom. The average molecular weight is 280 g/mol. The maximum absolute atomic E-state index is 12.1. The topological polar surface area (TPSA) is 73.1 Å². The van der Waals surface area contributed by atoms with Crippen LogP contribution in [-0.2, 0) is 6.42 Å². The summed E-state index contributed by atoms with van der Waals surface area (Å²) in [6.45, 7) is 0.150. The number of hydrogen-bond donors (Lipinski definition) is 2. The van der Waals surface area contributed by atoms with Crippen molar-refractivity contribution in [3.8, 4) is 6.07 Å². The fourth-order valence-corrected chi connectivity index (χ4v) is 2.02. The van der Waals surface area contributed by atoms with Gasteiger partial charge in [-0.2, -0.15) is 5.26 Å². The van der Waals surface area contributed by atoms with Gasteiger partial charge in [0.05, 0.1) is 11.6 Å². The number of benzene rings is 2. The number of nitrogens with zero attached hydrogens (tertiary/aromatic N) is 1. The van der Waals surface area contributed by atoms with Crippen molar-refractivity contribution in [3.63, 3.8) is 0 Å². The molecular formula is C17H16N2O2. The van der Waals surface area contributed by atoms with Gasteiger partial charge in [-0.1, -0.05) is 18.2 Å². The Hall–Kier alpha value is -2.64. The van der Waals surface area contributed by atoms with Gasteiger partial charge < -0.3 is 10.4 Å². The summed E-state index contributed by atoms with van der Waals surface area (Å²) in [5.41, 5.74) is 2.68. The summed E-state index contributed by atoms with van der Waals surface area (Å²) in [6, 6.07) is 16.1. The van der Waals surface area contributed by atoms with E-state index in [1.807, 2.05) is 30.3 Å². The molecule has 0 aliphatic rings. The fraction of sp³-hybridized carbons (Fsp3) is 0.176. The molecule has 2 aromatic rings. The van der Waals surface area contributed by atoms with Crippen LogP contribution in [0, 0.1) is 11.3 Å². The van der Waals surface area contributed by atoms with Gasteiger partial charge in [0.15, 0.2) is 0 Å². The normalized spacial score (nSPS) is 9.90. The minimum Gasteiger partial charge on any atom is -0.396 e. The third-order valence-electron chi connectivity index (χ3n) is 3.06. The number of aliphatic hydroxyl groups is 1. The first-order valence-electron chi connectivity index (χ1n) is 6.74. The molecule has 21 heavy (non-hydrogen) atoms. The zero-order valence-corrected chi connectivity index (χ0v) is 11.5. The number of nitriles is 1. The van der Waals surface area contributed by atoms with Crippen LogP contribution < -0.4 is 5.32 Å². The van der Waals surface area contributed by atoms with Crippen LogP contribution in [0.5, 0.6) is 0 Å². The first-order valence-corrected chi connectivity index (χ1v) is 6.74. The first kappa shape index (κ1) is 14.8. The SMILES string of the molecule is N#Cc1cccc(C(=O)Nc2cccc(CCCO)c2)c1. The number of carbonyl (C=O) groups is 1. The second-order valence-electron chi connectivity index (χ2n) is 4.67. The van der Waals surface area contributed by atoms with Gasteiger partial charge in [-0.05, 0) is 48.7 Å². The van der Waals surface area contributed by atoms with Crippen LogP contribution in [0.15, 0.2) is 48.5 Å². The monoisotopic (exact) mass is 280 g/mol. The maximum Gasteiger partial charge on any atom is 0.255 e. The van der Waals surface area contributed by atoms with Crippen molar-refractivity contribution in [3.05, 3.63) is 65.2 Å². The van der Waals surface area contributed by atoms with E-state index in [1.165, 1.54) is 0 Å². The van der Waals surface area contributed by atoms with E-state index in [0.29, 0.717) is 23.2 Å². The van der Waals surface area contributed by atoms with Gasteiger partial charge >= 0.3 is 0 Å². The molecule has 0 radical (unpaired) electrons. The highest BCUT2D eigenvalue weighted by atomic mass is 16.2. The molecule has 106 valence electrons. The predicted molar refractivity (Wildman–Crippen MR) is 81.0 cm³/mol. The summed E-state index contributed by atoms with van der Waals surface area (Å²) >= 11 is 0. The second kappa shape index (κ2) is 7.22. The van der Waals surface area contributed by atoms with Gasteiger partial charge in [0, 0.05) is 17.9 Å². The molecule has 2 rings (SSSR count). The zero-order valence-electron chi connectivity index (χ0n) is 11.5. The van der Waals surface area contributed by atoms with Crippen LogP contribution in [0.3, 0.4) is 0 Å². The van der Waals surface area contributed by atoms with Crippen molar-refractivity contribution in [1.29, 1.82) is 5.26 Å². The molecule has 0 saturated heterocycles.